The molecule has 0 aromatic carbocycles. The van der Waals surface area contributed by atoms with Crippen LogP contribution in [-0.4, -0.2) is 23.8 Å². The van der Waals surface area contributed by atoms with Gasteiger partial charge in [0.1, 0.15) is 0 Å². The minimum absolute atomic E-state index is 0.0993. The van der Waals surface area contributed by atoms with Gasteiger partial charge >= 0.3 is 5.97 Å². The van der Waals surface area contributed by atoms with Gasteiger partial charge < -0.3 is 9.84 Å². The molecule has 3 heteroatoms. The Morgan fingerprint density at radius 2 is 2.41 bits per heavy atom. The molecule has 17 heavy (non-hydrogen) atoms. The predicted molar refractivity (Wildman–Crippen MR) is 66.2 cm³/mol. The number of aliphatic hydroxyl groups excluding tert-OH is 1. The van der Waals surface area contributed by atoms with E-state index in [1.165, 1.54) is 19.8 Å². The summed E-state index contributed by atoms with van der Waals surface area (Å²) in [5.41, 5.74) is 1.15. The molecule has 1 aliphatic rings. The van der Waals surface area contributed by atoms with Gasteiger partial charge in [0, 0.05) is 13.5 Å². The van der Waals surface area contributed by atoms with Crippen molar-refractivity contribution in [2.45, 2.75) is 51.6 Å². The van der Waals surface area contributed by atoms with Crippen molar-refractivity contribution in [2.24, 2.45) is 0 Å². The summed E-state index contributed by atoms with van der Waals surface area (Å²) >= 11 is 0. The number of allylic oxidation sites excluding steroid dienone is 2. The van der Waals surface area contributed by atoms with Crippen molar-refractivity contribution < 1.29 is 14.6 Å². The number of rotatable bonds is 4. The molecule has 0 spiro atoms. The Labute approximate surface area is 103 Å². The second kappa shape index (κ2) is 7.92. The van der Waals surface area contributed by atoms with Crippen molar-refractivity contribution in [1.82, 2.24) is 0 Å². The third-order valence-corrected chi connectivity index (χ3v) is 2.62. The molecule has 0 aliphatic heterocycles. The summed E-state index contributed by atoms with van der Waals surface area (Å²) in [6, 6.07) is 0. The number of esters is 1. The van der Waals surface area contributed by atoms with Crippen LogP contribution in [0.5, 0.6) is 0 Å². The van der Waals surface area contributed by atoms with Crippen LogP contribution in [0.25, 0.3) is 0 Å². The van der Waals surface area contributed by atoms with E-state index in [-0.39, 0.29) is 18.7 Å². The Kier molecular flexibility index (Phi) is 6.42. The fourth-order valence-corrected chi connectivity index (χ4v) is 1.76. The van der Waals surface area contributed by atoms with E-state index in [1.807, 2.05) is 0 Å². The van der Waals surface area contributed by atoms with Crippen LogP contribution in [0.1, 0.15) is 45.4 Å². The summed E-state index contributed by atoms with van der Waals surface area (Å²) in [6.45, 7) is 1.48. The smallest absolute Gasteiger partial charge is 0.303 e. The number of hydrogen-bond donors (Lipinski definition) is 1. The number of ether oxygens (including phenoxy) is 1. The summed E-state index contributed by atoms with van der Waals surface area (Å²) in [7, 11) is 0. The van der Waals surface area contributed by atoms with Gasteiger partial charge in [-0.05, 0) is 44.1 Å². The van der Waals surface area contributed by atoms with Crippen LogP contribution in [0.3, 0.4) is 0 Å². The van der Waals surface area contributed by atoms with Crippen LogP contribution in [0.2, 0.25) is 0 Å². The molecule has 0 bridgehead atoms. The van der Waals surface area contributed by atoms with E-state index in [2.05, 4.69) is 17.9 Å². The first-order chi connectivity index (χ1) is 8.22. The minimum atomic E-state index is -0.387. The molecular formula is C14H20O3. The zero-order valence-electron chi connectivity index (χ0n) is 10.4. The van der Waals surface area contributed by atoms with E-state index in [0.29, 0.717) is 12.8 Å². The zero-order chi connectivity index (χ0) is 12.5. The second-order valence-corrected chi connectivity index (χ2v) is 4.21. The topological polar surface area (TPSA) is 46.5 Å². The molecule has 1 aliphatic carbocycles. The van der Waals surface area contributed by atoms with Crippen LogP contribution in [0, 0.1) is 11.8 Å². The molecule has 1 unspecified atom stereocenters. The second-order valence-electron chi connectivity index (χ2n) is 4.21. The third kappa shape index (κ3) is 6.13. The quantitative estimate of drug-likeness (QED) is 0.601. The third-order valence-electron chi connectivity index (χ3n) is 2.62. The SMILES string of the molecule is CC(=O)OC(C#CC1=CCCCC1)CCCO. The predicted octanol–water partition coefficient (Wildman–Crippen LogP) is 2.19. The van der Waals surface area contributed by atoms with E-state index in [1.54, 1.807) is 0 Å². The zero-order valence-corrected chi connectivity index (χ0v) is 10.4. The van der Waals surface area contributed by atoms with Crippen molar-refractivity contribution in [3.8, 4) is 11.8 Å². The average Bonchev–Trinajstić information content (AvgIpc) is 2.33. The highest BCUT2D eigenvalue weighted by molar-refractivity contribution is 5.66. The Hall–Kier alpha value is -1.27. The van der Waals surface area contributed by atoms with Crippen LogP contribution < -0.4 is 0 Å². The molecule has 0 amide bonds. The molecule has 1 N–H and O–H groups in total. The molecule has 0 fully saturated rings. The van der Waals surface area contributed by atoms with Gasteiger partial charge in [-0.25, -0.2) is 0 Å². The number of aliphatic hydroxyl groups is 1. The van der Waals surface area contributed by atoms with Crippen LogP contribution in [0.4, 0.5) is 0 Å². The van der Waals surface area contributed by atoms with Crippen molar-refractivity contribution in [2.75, 3.05) is 6.61 Å². The highest BCUT2D eigenvalue weighted by atomic mass is 16.5. The lowest BCUT2D eigenvalue weighted by atomic mass is 10.00. The first-order valence-electron chi connectivity index (χ1n) is 6.21. The van der Waals surface area contributed by atoms with Gasteiger partial charge in [-0.1, -0.05) is 17.9 Å². The van der Waals surface area contributed by atoms with Gasteiger partial charge in [0.05, 0.1) is 0 Å². The van der Waals surface area contributed by atoms with Gasteiger partial charge in [0.15, 0.2) is 6.10 Å². The van der Waals surface area contributed by atoms with E-state index in [4.69, 9.17) is 9.84 Å². The molecule has 3 nitrogen and oxygen atoms in total. The molecule has 0 aromatic rings. The van der Waals surface area contributed by atoms with E-state index < -0.39 is 0 Å². The lowest BCUT2D eigenvalue weighted by Gasteiger charge is -2.10. The first kappa shape index (κ1) is 13.8. The summed E-state index contributed by atoms with van der Waals surface area (Å²) in [5, 5.41) is 8.77. The average molecular weight is 236 g/mol. The van der Waals surface area contributed by atoms with Crippen molar-refractivity contribution in [3.63, 3.8) is 0 Å². The largest absolute Gasteiger partial charge is 0.449 e. The molecule has 0 saturated carbocycles. The van der Waals surface area contributed by atoms with Crippen molar-refractivity contribution in [3.05, 3.63) is 11.6 Å². The standard InChI is InChI=1S/C14H20O3/c1-12(16)17-14(8-5-11-15)10-9-13-6-3-2-4-7-13/h6,14-15H,2-5,7-8,11H2,1H3. The van der Waals surface area contributed by atoms with E-state index in [9.17, 15) is 4.79 Å². The van der Waals surface area contributed by atoms with Gasteiger partial charge in [0.25, 0.3) is 0 Å². The number of carbonyl (C=O) groups is 1. The summed E-state index contributed by atoms with van der Waals surface area (Å²) in [6.07, 6.45) is 7.52. The van der Waals surface area contributed by atoms with Gasteiger partial charge in [0.2, 0.25) is 0 Å². The minimum Gasteiger partial charge on any atom is -0.449 e. The molecular weight excluding hydrogens is 216 g/mol. The van der Waals surface area contributed by atoms with E-state index in [0.717, 1.165) is 18.4 Å². The van der Waals surface area contributed by atoms with Crippen molar-refractivity contribution >= 4 is 5.97 Å². The van der Waals surface area contributed by atoms with Gasteiger partial charge in [-0.2, -0.15) is 0 Å². The molecule has 0 radical (unpaired) electrons. The Morgan fingerprint density at radius 3 is 3.00 bits per heavy atom. The highest BCUT2D eigenvalue weighted by Gasteiger charge is 2.08. The van der Waals surface area contributed by atoms with E-state index >= 15 is 0 Å². The summed E-state index contributed by atoms with van der Waals surface area (Å²) in [5.74, 6) is 5.75. The maximum Gasteiger partial charge on any atom is 0.303 e. The van der Waals surface area contributed by atoms with Crippen molar-refractivity contribution in [1.29, 1.82) is 0 Å². The van der Waals surface area contributed by atoms with Gasteiger partial charge in [-0.15, -0.1) is 0 Å². The lowest BCUT2D eigenvalue weighted by molar-refractivity contribution is -0.144. The summed E-state index contributed by atoms with van der Waals surface area (Å²) < 4.78 is 5.09. The lowest BCUT2D eigenvalue weighted by Crippen LogP contribution is -2.14. The molecule has 1 atom stereocenters. The maximum atomic E-state index is 10.9. The van der Waals surface area contributed by atoms with Crippen LogP contribution in [-0.2, 0) is 9.53 Å². The Morgan fingerprint density at radius 1 is 1.59 bits per heavy atom. The normalized spacial score (nSPS) is 16.5. The highest BCUT2D eigenvalue weighted by Crippen LogP contribution is 2.16. The Balaban J connectivity index is 2.54. The fourth-order valence-electron chi connectivity index (χ4n) is 1.76. The Bertz CT molecular complexity index is 333. The fraction of sp³-hybridized carbons (Fsp3) is 0.643. The molecule has 94 valence electrons. The molecule has 0 heterocycles. The van der Waals surface area contributed by atoms with Gasteiger partial charge in [-0.3, -0.25) is 4.79 Å². The maximum absolute atomic E-state index is 10.9. The molecule has 0 aromatic heterocycles. The molecule has 1 rings (SSSR count). The van der Waals surface area contributed by atoms with Crippen LogP contribution >= 0.6 is 0 Å². The number of hydrogen-bond acceptors (Lipinski definition) is 3. The van der Waals surface area contributed by atoms with Crippen LogP contribution in [0.15, 0.2) is 11.6 Å². The first-order valence-corrected chi connectivity index (χ1v) is 6.21. The molecule has 0 saturated heterocycles. The summed E-state index contributed by atoms with van der Waals surface area (Å²) in [4.78, 5) is 10.9. The monoisotopic (exact) mass is 236 g/mol. The number of carbonyl (C=O) groups excluding carboxylic acids is 1.